The molecule has 2 aromatic rings. The van der Waals surface area contributed by atoms with Crippen LogP contribution in [0.2, 0.25) is 0 Å². The molecule has 0 unspecified atom stereocenters. The van der Waals surface area contributed by atoms with Gasteiger partial charge in [0.25, 0.3) is 0 Å². The van der Waals surface area contributed by atoms with Crippen molar-refractivity contribution in [2.75, 3.05) is 5.32 Å². The van der Waals surface area contributed by atoms with Crippen molar-refractivity contribution in [3.63, 3.8) is 0 Å². The first-order valence-corrected chi connectivity index (χ1v) is 6.97. The second-order valence-electron chi connectivity index (χ2n) is 4.60. The van der Waals surface area contributed by atoms with Crippen molar-refractivity contribution >= 4 is 28.6 Å². The zero-order valence-corrected chi connectivity index (χ0v) is 12.1. The van der Waals surface area contributed by atoms with Gasteiger partial charge in [0.1, 0.15) is 10.8 Å². The van der Waals surface area contributed by atoms with Crippen molar-refractivity contribution in [1.82, 2.24) is 0 Å². The van der Waals surface area contributed by atoms with Crippen LogP contribution in [0.4, 0.5) is 15.8 Å². The number of hydrogen-bond acceptors (Lipinski definition) is 2. The molecule has 2 rings (SSSR count). The zero-order chi connectivity index (χ0) is 14.5. The second-order valence-corrected chi connectivity index (χ2v) is 5.04. The van der Waals surface area contributed by atoms with E-state index in [0.29, 0.717) is 5.69 Å². The lowest BCUT2D eigenvalue weighted by Gasteiger charge is -2.12. The Labute approximate surface area is 123 Å². The summed E-state index contributed by atoms with van der Waals surface area (Å²) < 4.78 is 13.8. The van der Waals surface area contributed by atoms with Crippen molar-refractivity contribution in [2.24, 2.45) is 5.73 Å². The molecule has 0 aliphatic rings. The lowest BCUT2D eigenvalue weighted by Crippen LogP contribution is -2.14. The topological polar surface area (TPSA) is 38.0 Å². The van der Waals surface area contributed by atoms with Gasteiger partial charge in [-0.3, -0.25) is 0 Å². The molecular formula is C16H17FN2S. The first-order valence-electron chi connectivity index (χ1n) is 6.56. The van der Waals surface area contributed by atoms with E-state index in [0.717, 1.165) is 18.5 Å². The number of halogens is 1. The van der Waals surface area contributed by atoms with Gasteiger partial charge in [-0.2, -0.15) is 0 Å². The quantitative estimate of drug-likeness (QED) is 0.811. The van der Waals surface area contributed by atoms with Crippen LogP contribution in [0.3, 0.4) is 0 Å². The summed E-state index contributed by atoms with van der Waals surface area (Å²) in [5.41, 5.74) is 8.58. The summed E-state index contributed by atoms with van der Waals surface area (Å²) in [6, 6.07) is 12.8. The summed E-state index contributed by atoms with van der Waals surface area (Å²) in [5, 5.41) is 3.16. The number of thiocarbonyl (C=S) groups is 1. The van der Waals surface area contributed by atoms with E-state index in [-0.39, 0.29) is 10.6 Å². The smallest absolute Gasteiger partial charge is 0.135 e. The van der Waals surface area contributed by atoms with Crippen LogP contribution in [0.15, 0.2) is 42.5 Å². The first kappa shape index (κ1) is 14.5. The van der Waals surface area contributed by atoms with Crippen LogP contribution in [0.1, 0.15) is 24.5 Å². The van der Waals surface area contributed by atoms with Gasteiger partial charge in [0, 0.05) is 5.69 Å². The Hall–Kier alpha value is -1.94. The Kier molecular flexibility index (Phi) is 4.69. The average molecular weight is 288 g/mol. The third kappa shape index (κ3) is 3.33. The fourth-order valence-electron chi connectivity index (χ4n) is 2.08. The van der Waals surface area contributed by atoms with E-state index in [2.05, 4.69) is 24.4 Å². The fraction of sp³-hybridized carbons (Fsp3) is 0.188. The molecule has 0 aliphatic heterocycles. The summed E-state index contributed by atoms with van der Waals surface area (Å²) in [5.74, 6) is -0.412. The Morgan fingerprint density at radius 2 is 1.90 bits per heavy atom. The van der Waals surface area contributed by atoms with Crippen molar-refractivity contribution in [2.45, 2.75) is 19.8 Å². The molecule has 0 spiro atoms. The van der Waals surface area contributed by atoms with Crippen LogP contribution in [-0.4, -0.2) is 4.99 Å². The normalized spacial score (nSPS) is 10.3. The first-order chi connectivity index (χ1) is 9.61. The van der Waals surface area contributed by atoms with Crippen LogP contribution in [0, 0.1) is 5.82 Å². The minimum atomic E-state index is -0.412. The van der Waals surface area contributed by atoms with E-state index >= 15 is 0 Å². The van der Waals surface area contributed by atoms with Crippen molar-refractivity contribution < 1.29 is 4.39 Å². The van der Waals surface area contributed by atoms with Crippen LogP contribution < -0.4 is 11.1 Å². The summed E-state index contributed by atoms with van der Waals surface area (Å²) in [4.78, 5) is 0.0493. The van der Waals surface area contributed by atoms with Gasteiger partial charge in [0.2, 0.25) is 0 Å². The van der Waals surface area contributed by atoms with E-state index in [4.69, 9.17) is 18.0 Å². The molecule has 0 fully saturated rings. The van der Waals surface area contributed by atoms with Crippen LogP contribution >= 0.6 is 12.2 Å². The number of nitrogens with one attached hydrogen (secondary N) is 1. The summed E-state index contributed by atoms with van der Waals surface area (Å²) >= 11 is 4.91. The number of benzene rings is 2. The molecule has 3 N–H and O–H groups in total. The molecule has 20 heavy (non-hydrogen) atoms. The van der Waals surface area contributed by atoms with E-state index in [9.17, 15) is 4.39 Å². The van der Waals surface area contributed by atoms with Gasteiger partial charge in [-0.05, 0) is 36.2 Å². The molecular weight excluding hydrogens is 271 g/mol. The molecule has 0 bridgehead atoms. The maximum atomic E-state index is 13.8. The third-order valence-electron chi connectivity index (χ3n) is 3.03. The Bertz CT molecular complexity index is 608. The largest absolute Gasteiger partial charge is 0.389 e. The number of rotatable bonds is 5. The average Bonchev–Trinajstić information content (AvgIpc) is 2.41. The minimum Gasteiger partial charge on any atom is -0.389 e. The number of aryl methyl sites for hydroxylation is 1. The van der Waals surface area contributed by atoms with Crippen molar-refractivity contribution in [3.05, 3.63) is 59.4 Å². The lowest BCUT2D eigenvalue weighted by molar-refractivity contribution is 0.626. The lowest BCUT2D eigenvalue weighted by atomic mass is 10.1. The third-order valence-corrected chi connectivity index (χ3v) is 3.24. The molecule has 0 saturated heterocycles. The van der Waals surface area contributed by atoms with E-state index in [1.165, 1.54) is 11.6 Å². The Morgan fingerprint density at radius 3 is 2.50 bits per heavy atom. The zero-order valence-electron chi connectivity index (χ0n) is 11.3. The second kappa shape index (κ2) is 6.48. The number of anilines is 2. The van der Waals surface area contributed by atoms with Gasteiger partial charge in [-0.1, -0.05) is 43.8 Å². The summed E-state index contributed by atoms with van der Waals surface area (Å²) in [7, 11) is 0. The molecule has 0 amide bonds. The summed E-state index contributed by atoms with van der Waals surface area (Å²) in [6.45, 7) is 2.15. The maximum absolute atomic E-state index is 13.8. The van der Waals surface area contributed by atoms with Crippen molar-refractivity contribution in [3.8, 4) is 0 Å². The van der Waals surface area contributed by atoms with Gasteiger partial charge in [-0.15, -0.1) is 0 Å². The fourth-order valence-corrected chi connectivity index (χ4v) is 2.29. The highest BCUT2D eigenvalue weighted by Gasteiger charge is 2.11. The predicted octanol–water partition coefficient (Wildman–Crippen LogP) is 4.16. The van der Waals surface area contributed by atoms with Gasteiger partial charge < -0.3 is 11.1 Å². The monoisotopic (exact) mass is 288 g/mol. The molecule has 0 heterocycles. The van der Waals surface area contributed by atoms with E-state index in [1.807, 2.05) is 12.1 Å². The van der Waals surface area contributed by atoms with Gasteiger partial charge in [0.15, 0.2) is 0 Å². The summed E-state index contributed by atoms with van der Waals surface area (Å²) in [6.07, 6.45) is 2.17. The van der Waals surface area contributed by atoms with Crippen LogP contribution in [0.5, 0.6) is 0 Å². The molecule has 0 aromatic heterocycles. The van der Waals surface area contributed by atoms with E-state index in [1.54, 1.807) is 12.1 Å². The highest BCUT2D eigenvalue weighted by atomic mass is 32.1. The van der Waals surface area contributed by atoms with Gasteiger partial charge in [-0.25, -0.2) is 4.39 Å². The predicted molar refractivity (Wildman–Crippen MR) is 86.0 cm³/mol. The number of hydrogen-bond donors (Lipinski definition) is 2. The molecule has 2 nitrogen and oxygen atoms in total. The van der Waals surface area contributed by atoms with E-state index < -0.39 is 5.82 Å². The van der Waals surface area contributed by atoms with Crippen LogP contribution in [0.25, 0.3) is 0 Å². The minimum absolute atomic E-state index is 0.0493. The van der Waals surface area contributed by atoms with Crippen molar-refractivity contribution in [1.29, 1.82) is 0 Å². The highest BCUT2D eigenvalue weighted by molar-refractivity contribution is 7.80. The molecule has 104 valence electrons. The SMILES string of the molecule is CCCc1ccc(Nc2cccc(F)c2C(N)=S)cc1. The standard InChI is InChI=1S/C16H17FN2S/c1-2-4-11-7-9-12(10-8-11)19-14-6-3-5-13(17)15(14)16(18)20/h3,5-10,19H,2,4H2,1H3,(H2,18,20). The highest BCUT2D eigenvalue weighted by Crippen LogP contribution is 2.23. The van der Waals surface area contributed by atoms with Crippen LogP contribution in [-0.2, 0) is 6.42 Å². The maximum Gasteiger partial charge on any atom is 0.135 e. The number of nitrogens with two attached hydrogens (primary N) is 1. The molecule has 4 heteroatoms. The molecule has 0 saturated carbocycles. The molecule has 0 radical (unpaired) electrons. The molecule has 2 aromatic carbocycles. The Morgan fingerprint density at radius 1 is 1.20 bits per heavy atom. The molecule has 0 atom stereocenters. The van der Waals surface area contributed by atoms with Gasteiger partial charge >= 0.3 is 0 Å². The molecule has 0 aliphatic carbocycles. The van der Waals surface area contributed by atoms with Gasteiger partial charge in [0.05, 0.1) is 11.3 Å². The Balaban J connectivity index is 2.26.